The summed E-state index contributed by atoms with van der Waals surface area (Å²) < 4.78 is 15.4. The van der Waals surface area contributed by atoms with Crippen molar-refractivity contribution >= 4 is 28.6 Å². The Bertz CT molecular complexity index is 1080. The van der Waals surface area contributed by atoms with Gasteiger partial charge >= 0.3 is 0 Å². The largest absolute Gasteiger partial charge is 0.393 e. The van der Waals surface area contributed by atoms with Crippen LogP contribution in [0.5, 0.6) is 0 Å². The predicted octanol–water partition coefficient (Wildman–Crippen LogP) is 3.42. The number of aliphatic hydroxyl groups is 1. The minimum Gasteiger partial charge on any atom is -0.393 e. The number of aromatic nitrogens is 2. The number of fused-ring (bicyclic) bond motifs is 1. The summed E-state index contributed by atoms with van der Waals surface area (Å²) in [5, 5.41) is 23.5. The lowest BCUT2D eigenvalue weighted by atomic mass is 10.2. The van der Waals surface area contributed by atoms with Gasteiger partial charge in [0.15, 0.2) is 0 Å². The van der Waals surface area contributed by atoms with Crippen LogP contribution in [0.1, 0.15) is 35.7 Å². The van der Waals surface area contributed by atoms with Crippen molar-refractivity contribution in [2.45, 2.75) is 31.4 Å². The summed E-state index contributed by atoms with van der Waals surface area (Å²) in [5.41, 5.74) is 0.957. The Morgan fingerprint density at radius 2 is 2.11 bits per heavy atom. The third-order valence-electron chi connectivity index (χ3n) is 4.94. The van der Waals surface area contributed by atoms with Gasteiger partial charge in [0.25, 0.3) is 11.6 Å². The Morgan fingerprint density at radius 1 is 1.29 bits per heavy atom. The van der Waals surface area contributed by atoms with Crippen LogP contribution in [0.3, 0.4) is 0 Å². The second-order valence-electron chi connectivity index (χ2n) is 6.82. The molecule has 0 aliphatic heterocycles. The van der Waals surface area contributed by atoms with Gasteiger partial charge in [-0.15, -0.1) is 0 Å². The number of nitro groups is 1. The zero-order valence-corrected chi connectivity index (χ0v) is 14.7. The Kier molecular flexibility index (Phi) is 4.52. The van der Waals surface area contributed by atoms with Gasteiger partial charge < -0.3 is 9.67 Å². The standard InChI is InChI=1S/C19H17FN4O4/c20-12-4-7-17-16(9-12)21-19(23(17)13-5-6-15(25)10-13)22-18(26)11-2-1-3-14(8-11)24(27)28/h1-4,7-9,13,15,25H,5-6,10H2,(H,21,22,26)/t13-,15-/m0/s1. The van der Waals surface area contributed by atoms with Crippen LogP contribution in [0.2, 0.25) is 0 Å². The van der Waals surface area contributed by atoms with Gasteiger partial charge in [-0.1, -0.05) is 6.07 Å². The first-order valence-electron chi connectivity index (χ1n) is 8.84. The maximum atomic E-state index is 13.6. The summed E-state index contributed by atoms with van der Waals surface area (Å²) in [6.07, 6.45) is 1.39. The van der Waals surface area contributed by atoms with E-state index < -0.39 is 22.8 Å². The molecule has 1 aliphatic carbocycles. The van der Waals surface area contributed by atoms with Gasteiger partial charge in [0.05, 0.1) is 22.1 Å². The number of aliphatic hydroxyl groups excluding tert-OH is 1. The van der Waals surface area contributed by atoms with E-state index in [1.165, 1.54) is 36.4 Å². The zero-order valence-electron chi connectivity index (χ0n) is 14.7. The molecule has 1 fully saturated rings. The lowest BCUT2D eigenvalue weighted by Gasteiger charge is -2.16. The topological polar surface area (TPSA) is 110 Å². The number of carbonyl (C=O) groups excluding carboxylic acids is 1. The van der Waals surface area contributed by atoms with Gasteiger partial charge in [-0.05, 0) is 37.5 Å². The molecule has 1 saturated carbocycles. The highest BCUT2D eigenvalue weighted by molar-refractivity contribution is 6.04. The molecule has 1 aromatic heterocycles. The Hall–Kier alpha value is -3.33. The van der Waals surface area contributed by atoms with E-state index in [1.807, 2.05) is 0 Å². The molecule has 1 aliphatic rings. The predicted molar refractivity (Wildman–Crippen MR) is 99.6 cm³/mol. The highest BCUT2D eigenvalue weighted by Gasteiger charge is 2.28. The second kappa shape index (κ2) is 7.01. The molecular weight excluding hydrogens is 367 g/mol. The van der Waals surface area contributed by atoms with E-state index >= 15 is 0 Å². The summed E-state index contributed by atoms with van der Waals surface area (Å²) in [4.78, 5) is 27.4. The second-order valence-corrected chi connectivity index (χ2v) is 6.82. The highest BCUT2D eigenvalue weighted by atomic mass is 19.1. The average Bonchev–Trinajstić information content (AvgIpc) is 3.24. The van der Waals surface area contributed by atoms with Crippen LogP contribution >= 0.6 is 0 Å². The first kappa shape index (κ1) is 18.1. The molecule has 2 N–H and O–H groups in total. The van der Waals surface area contributed by atoms with Crippen LogP contribution in [0.25, 0.3) is 11.0 Å². The van der Waals surface area contributed by atoms with Crippen LogP contribution in [0.4, 0.5) is 16.0 Å². The number of nitrogens with one attached hydrogen (secondary N) is 1. The van der Waals surface area contributed by atoms with Crippen molar-refractivity contribution in [1.29, 1.82) is 0 Å². The summed E-state index contributed by atoms with van der Waals surface area (Å²) in [7, 11) is 0. The van der Waals surface area contributed by atoms with Crippen molar-refractivity contribution < 1.29 is 19.2 Å². The minimum absolute atomic E-state index is 0.0918. The Labute approximate surface area is 158 Å². The lowest BCUT2D eigenvalue weighted by Crippen LogP contribution is -2.18. The number of rotatable bonds is 4. The van der Waals surface area contributed by atoms with Crippen molar-refractivity contribution in [3.05, 3.63) is 64.0 Å². The lowest BCUT2D eigenvalue weighted by molar-refractivity contribution is -0.384. The molecule has 8 nitrogen and oxygen atoms in total. The van der Waals surface area contributed by atoms with Crippen LogP contribution in [-0.4, -0.2) is 31.6 Å². The zero-order chi connectivity index (χ0) is 19.8. The third-order valence-corrected chi connectivity index (χ3v) is 4.94. The van der Waals surface area contributed by atoms with Crippen molar-refractivity contribution in [3.8, 4) is 0 Å². The molecule has 2 aromatic carbocycles. The van der Waals surface area contributed by atoms with E-state index in [4.69, 9.17) is 0 Å². The van der Waals surface area contributed by atoms with Crippen molar-refractivity contribution in [2.75, 3.05) is 5.32 Å². The van der Waals surface area contributed by atoms with Gasteiger partial charge in [-0.2, -0.15) is 0 Å². The first-order valence-corrected chi connectivity index (χ1v) is 8.84. The number of imidazole rings is 1. The molecule has 1 amide bonds. The number of anilines is 1. The number of nitro benzene ring substituents is 1. The normalized spacial score (nSPS) is 19.1. The maximum absolute atomic E-state index is 13.6. The molecule has 144 valence electrons. The summed E-state index contributed by atoms with van der Waals surface area (Å²) in [5.74, 6) is -0.782. The number of non-ortho nitro benzene ring substituents is 1. The van der Waals surface area contributed by atoms with Gasteiger partial charge in [0, 0.05) is 29.8 Å². The van der Waals surface area contributed by atoms with Crippen LogP contribution < -0.4 is 5.32 Å². The molecular formula is C19H17FN4O4. The number of hydrogen-bond acceptors (Lipinski definition) is 5. The van der Waals surface area contributed by atoms with E-state index in [2.05, 4.69) is 10.3 Å². The molecule has 0 saturated heterocycles. The fourth-order valence-electron chi connectivity index (χ4n) is 3.63. The van der Waals surface area contributed by atoms with Crippen molar-refractivity contribution in [1.82, 2.24) is 9.55 Å². The quantitative estimate of drug-likeness (QED) is 0.529. The molecule has 2 atom stereocenters. The summed E-state index contributed by atoms with van der Waals surface area (Å²) in [6.45, 7) is 0. The molecule has 9 heteroatoms. The molecule has 0 unspecified atom stereocenters. The van der Waals surface area contributed by atoms with E-state index in [0.717, 1.165) is 0 Å². The Morgan fingerprint density at radius 3 is 2.82 bits per heavy atom. The van der Waals surface area contributed by atoms with Crippen LogP contribution in [0, 0.1) is 15.9 Å². The molecule has 0 radical (unpaired) electrons. The summed E-state index contributed by atoms with van der Waals surface area (Å²) in [6, 6.07) is 9.47. The number of carbonyl (C=O) groups is 1. The van der Waals surface area contributed by atoms with E-state index in [1.54, 1.807) is 10.6 Å². The molecule has 1 heterocycles. The first-order chi connectivity index (χ1) is 13.4. The number of halogens is 1. The Balaban J connectivity index is 1.72. The minimum atomic E-state index is -0.575. The third kappa shape index (κ3) is 3.31. The highest BCUT2D eigenvalue weighted by Crippen LogP contribution is 2.36. The summed E-state index contributed by atoms with van der Waals surface area (Å²) >= 11 is 0. The van der Waals surface area contributed by atoms with Gasteiger partial charge in [0.2, 0.25) is 5.95 Å². The van der Waals surface area contributed by atoms with Gasteiger partial charge in [-0.3, -0.25) is 20.2 Å². The molecule has 0 bridgehead atoms. The number of hydrogen-bond donors (Lipinski definition) is 2. The smallest absolute Gasteiger partial charge is 0.270 e. The SMILES string of the molecule is O=C(Nc1nc2cc(F)ccc2n1[C@H]1CC[C@H](O)C1)c1cccc([N+](=O)[O-])c1. The monoisotopic (exact) mass is 384 g/mol. The fourth-order valence-corrected chi connectivity index (χ4v) is 3.63. The number of amides is 1. The molecule has 28 heavy (non-hydrogen) atoms. The van der Waals surface area contributed by atoms with E-state index in [9.17, 15) is 24.4 Å². The number of nitrogens with zero attached hydrogens (tertiary/aromatic N) is 3. The molecule has 4 rings (SSSR count). The van der Waals surface area contributed by atoms with E-state index in [0.29, 0.717) is 30.3 Å². The fraction of sp³-hybridized carbons (Fsp3) is 0.263. The van der Waals surface area contributed by atoms with Gasteiger partial charge in [0.1, 0.15) is 5.82 Å². The maximum Gasteiger partial charge on any atom is 0.270 e. The molecule has 0 spiro atoms. The number of benzene rings is 2. The van der Waals surface area contributed by atoms with Crippen LogP contribution in [-0.2, 0) is 0 Å². The van der Waals surface area contributed by atoms with Crippen molar-refractivity contribution in [2.24, 2.45) is 0 Å². The van der Waals surface area contributed by atoms with Crippen molar-refractivity contribution in [3.63, 3.8) is 0 Å². The average molecular weight is 384 g/mol. The van der Waals surface area contributed by atoms with E-state index in [-0.39, 0.29) is 23.2 Å². The van der Waals surface area contributed by atoms with Crippen LogP contribution in [0.15, 0.2) is 42.5 Å². The van der Waals surface area contributed by atoms with Gasteiger partial charge in [-0.25, -0.2) is 9.37 Å². The molecule has 3 aromatic rings.